The molecule has 0 radical (unpaired) electrons. The highest BCUT2D eigenvalue weighted by Crippen LogP contribution is 2.10. The van der Waals surface area contributed by atoms with E-state index in [2.05, 4.69) is 0 Å². The lowest BCUT2D eigenvalue weighted by Gasteiger charge is -2.35. The molecule has 2 rings (SSSR count). The first kappa shape index (κ1) is 14.5. The van der Waals surface area contributed by atoms with Gasteiger partial charge in [0, 0.05) is 31.7 Å². The van der Waals surface area contributed by atoms with Crippen molar-refractivity contribution in [2.75, 3.05) is 26.2 Å². The molecule has 0 aromatic heterocycles. The fraction of sp³-hybridized carbons (Fsp3) is 0.429. The van der Waals surface area contributed by atoms with Crippen LogP contribution in [0.4, 0.5) is 4.39 Å². The fourth-order valence-corrected chi connectivity index (χ4v) is 2.19. The summed E-state index contributed by atoms with van der Waals surface area (Å²) in [6.07, 6.45) is 0. The Hall–Kier alpha value is -1.95. The standard InChI is InChI=1S/C14H18FN3O2/c1-10(16)13(19)17-6-8-18(9-7-17)14(20)11-2-4-12(15)5-3-11/h2-5,10H,6-9,16H2,1H3/t10-/m0/s1. The van der Waals surface area contributed by atoms with Gasteiger partial charge in [-0.05, 0) is 31.2 Å². The van der Waals surface area contributed by atoms with E-state index in [0.717, 1.165) is 0 Å². The molecule has 1 atom stereocenters. The second-order valence-corrected chi connectivity index (χ2v) is 4.91. The highest BCUT2D eigenvalue weighted by atomic mass is 19.1. The molecule has 0 bridgehead atoms. The van der Waals surface area contributed by atoms with Crippen molar-refractivity contribution in [1.82, 2.24) is 9.80 Å². The first-order valence-electron chi connectivity index (χ1n) is 6.58. The van der Waals surface area contributed by atoms with Gasteiger partial charge >= 0.3 is 0 Å². The van der Waals surface area contributed by atoms with Crippen LogP contribution in [0, 0.1) is 5.82 Å². The minimum absolute atomic E-state index is 0.0983. The Morgan fingerprint density at radius 2 is 1.60 bits per heavy atom. The van der Waals surface area contributed by atoms with Crippen molar-refractivity contribution in [1.29, 1.82) is 0 Å². The van der Waals surface area contributed by atoms with Crippen molar-refractivity contribution >= 4 is 11.8 Å². The van der Waals surface area contributed by atoms with Gasteiger partial charge in [-0.25, -0.2) is 4.39 Å². The normalized spacial score (nSPS) is 16.9. The van der Waals surface area contributed by atoms with E-state index in [0.29, 0.717) is 31.7 Å². The molecule has 1 saturated heterocycles. The number of hydrogen-bond donors (Lipinski definition) is 1. The maximum Gasteiger partial charge on any atom is 0.253 e. The predicted molar refractivity (Wildman–Crippen MR) is 72.5 cm³/mol. The second kappa shape index (κ2) is 6.00. The molecule has 0 spiro atoms. The Kier molecular flexibility index (Phi) is 4.34. The maximum atomic E-state index is 12.8. The average Bonchev–Trinajstić information content (AvgIpc) is 2.46. The van der Waals surface area contributed by atoms with Crippen molar-refractivity contribution < 1.29 is 14.0 Å². The highest BCUT2D eigenvalue weighted by Gasteiger charge is 2.26. The van der Waals surface area contributed by atoms with Crippen LogP contribution in [0.3, 0.4) is 0 Å². The number of benzene rings is 1. The molecule has 1 aliphatic heterocycles. The van der Waals surface area contributed by atoms with Gasteiger partial charge in [0.15, 0.2) is 0 Å². The van der Waals surface area contributed by atoms with Crippen LogP contribution in [0.5, 0.6) is 0 Å². The molecule has 5 nitrogen and oxygen atoms in total. The van der Waals surface area contributed by atoms with Gasteiger partial charge in [0.1, 0.15) is 5.82 Å². The van der Waals surface area contributed by atoms with E-state index in [-0.39, 0.29) is 17.6 Å². The quantitative estimate of drug-likeness (QED) is 0.855. The number of carbonyl (C=O) groups is 2. The van der Waals surface area contributed by atoms with Crippen LogP contribution < -0.4 is 5.73 Å². The van der Waals surface area contributed by atoms with Gasteiger partial charge in [0.25, 0.3) is 5.91 Å². The first-order chi connectivity index (χ1) is 9.49. The first-order valence-corrected chi connectivity index (χ1v) is 6.58. The molecular formula is C14H18FN3O2. The molecule has 20 heavy (non-hydrogen) atoms. The Morgan fingerprint density at radius 1 is 1.10 bits per heavy atom. The molecule has 1 heterocycles. The summed E-state index contributed by atoms with van der Waals surface area (Å²) < 4.78 is 12.8. The lowest BCUT2D eigenvalue weighted by Crippen LogP contribution is -2.53. The number of halogens is 1. The van der Waals surface area contributed by atoms with Crippen molar-refractivity contribution in [3.63, 3.8) is 0 Å². The van der Waals surface area contributed by atoms with Gasteiger partial charge in [-0.3, -0.25) is 9.59 Å². The number of amides is 2. The zero-order valence-electron chi connectivity index (χ0n) is 11.4. The molecule has 0 unspecified atom stereocenters. The van der Waals surface area contributed by atoms with Crippen molar-refractivity contribution in [2.24, 2.45) is 5.73 Å². The van der Waals surface area contributed by atoms with E-state index >= 15 is 0 Å². The molecular weight excluding hydrogens is 261 g/mol. The zero-order chi connectivity index (χ0) is 14.7. The van der Waals surface area contributed by atoms with Crippen LogP contribution in [0.25, 0.3) is 0 Å². The summed E-state index contributed by atoms with van der Waals surface area (Å²) in [7, 11) is 0. The number of piperazine rings is 1. The summed E-state index contributed by atoms with van der Waals surface area (Å²) in [5, 5.41) is 0. The molecule has 0 aliphatic carbocycles. The van der Waals surface area contributed by atoms with Crippen LogP contribution in [-0.2, 0) is 4.79 Å². The summed E-state index contributed by atoms with van der Waals surface area (Å²) in [5.74, 6) is -0.606. The summed E-state index contributed by atoms with van der Waals surface area (Å²) >= 11 is 0. The minimum atomic E-state index is -0.519. The van der Waals surface area contributed by atoms with E-state index in [4.69, 9.17) is 5.73 Å². The smallest absolute Gasteiger partial charge is 0.253 e. The molecule has 2 amide bonds. The SMILES string of the molecule is C[C@H](N)C(=O)N1CCN(C(=O)c2ccc(F)cc2)CC1. The van der Waals surface area contributed by atoms with Gasteiger partial charge in [-0.1, -0.05) is 0 Å². The second-order valence-electron chi connectivity index (χ2n) is 4.91. The van der Waals surface area contributed by atoms with Crippen LogP contribution >= 0.6 is 0 Å². The lowest BCUT2D eigenvalue weighted by molar-refractivity contribution is -0.133. The average molecular weight is 279 g/mol. The van der Waals surface area contributed by atoms with Crippen LogP contribution in [0.15, 0.2) is 24.3 Å². The van der Waals surface area contributed by atoms with E-state index in [1.165, 1.54) is 24.3 Å². The van der Waals surface area contributed by atoms with Crippen molar-refractivity contribution in [3.8, 4) is 0 Å². The van der Waals surface area contributed by atoms with Crippen molar-refractivity contribution in [2.45, 2.75) is 13.0 Å². The molecule has 108 valence electrons. The van der Waals surface area contributed by atoms with Crippen LogP contribution in [-0.4, -0.2) is 53.8 Å². The number of carbonyl (C=O) groups excluding carboxylic acids is 2. The Balaban J connectivity index is 1.95. The van der Waals surface area contributed by atoms with Gasteiger partial charge in [-0.2, -0.15) is 0 Å². The largest absolute Gasteiger partial charge is 0.338 e. The van der Waals surface area contributed by atoms with E-state index < -0.39 is 6.04 Å². The summed E-state index contributed by atoms with van der Waals surface area (Å²) in [5.41, 5.74) is 6.02. The third-order valence-corrected chi connectivity index (χ3v) is 3.36. The monoisotopic (exact) mass is 279 g/mol. The minimum Gasteiger partial charge on any atom is -0.338 e. The fourth-order valence-electron chi connectivity index (χ4n) is 2.19. The third kappa shape index (κ3) is 3.14. The molecule has 1 aliphatic rings. The molecule has 1 aromatic rings. The number of nitrogens with two attached hydrogens (primary N) is 1. The van der Waals surface area contributed by atoms with Gasteiger partial charge in [0.2, 0.25) is 5.91 Å². The summed E-state index contributed by atoms with van der Waals surface area (Å²) in [6.45, 7) is 3.54. The highest BCUT2D eigenvalue weighted by molar-refractivity contribution is 5.94. The zero-order valence-corrected chi connectivity index (χ0v) is 11.4. The molecule has 6 heteroatoms. The molecule has 0 saturated carbocycles. The Morgan fingerprint density at radius 3 is 2.10 bits per heavy atom. The van der Waals surface area contributed by atoms with E-state index in [9.17, 15) is 14.0 Å². The van der Waals surface area contributed by atoms with Crippen molar-refractivity contribution in [3.05, 3.63) is 35.6 Å². The van der Waals surface area contributed by atoms with E-state index in [1.54, 1.807) is 16.7 Å². The predicted octanol–water partition coefficient (Wildman–Crippen LogP) is 0.457. The molecule has 1 aromatic carbocycles. The van der Waals surface area contributed by atoms with Gasteiger partial charge < -0.3 is 15.5 Å². The topological polar surface area (TPSA) is 66.6 Å². The number of nitrogens with zero attached hydrogens (tertiary/aromatic N) is 2. The van der Waals surface area contributed by atoms with Gasteiger partial charge in [0.05, 0.1) is 6.04 Å². The Bertz CT molecular complexity index is 494. The maximum absolute atomic E-state index is 12.8. The van der Waals surface area contributed by atoms with Crippen LogP contribution in [0.1, 0.15) is 17.3 Å². The van der Waals surface area contributed by atoms with Gasteiger partial charge in [-0.15, -0.1) is 0 Å². The summed E-state index contributed by atoms with van der Waals surface area (Å²) in [4.78, 5) is 27.3. The number of hydrogen-bond acceptors (Lipinski definition) is 3. The van der Waals surface area contributed by atoms with E-state index in [1.807, 2.05) is 0 Å². The Labute approximate surface area is 117 Å². The molecule has 2 N–H and O–H groups in total. The third-order valence-electron chi connectivity index (χ3n) is 3.36. The van der Waals surface area contributed by atoms with Crippen LogP contribution in [0.2, 0.25) is 0 Å². The lowest BCUT2D eigenvalue weighted by atomic mass is 10.1. The number of rotatable bonds is 2. The summed E-state index contributed by atoms with van der Waals surface area (Å²) in [6, 6.07) is 4.95. The molecule has 1 fully saturated rings.